The van der Waals surface area contributed by atoms with Crippen LogP contribution in [0.2, 0.25) is 0 Å². The third-order valence-electron chi connectivity index (χ3n) is 3.17. The van der Waals surface area contributed by atoms with Gasteiger partial charge in [-0.3, -0.25) is 0 Å². The molecule has 2 atom stereocenters. The van der Waals surface area contributed by atoms with Gasteiger partial charge in [0.15, 0.2) is 0 Å². The summed E-state index contributed by atoms with van der Waals surface area (Å²) >= 11 is 0. The smallest absolute Gasteiger partial charge is 0.122 e. The first-order valence-electron chi connectivity index (χ1n) is 5.93. The molecule has 0 aliphatic rings. The van der Waals surface area contributed by atoms with Gasteiger partial charge in [0, 0.05) is 13.2 Å². The molecule has 1 aromatic rings. The molecule has 0 fully saturated rings. The van der Waals surface area contributed by atoms with Gasteiger partial charge in [0.2, 0.25) is 0 Å². The van der Waals surface area contributed by atoms with Gasteiger partial charge in [0.05, 0.1) is 13.2 Å². The number of hydrogen-bond acceptors (Lipinski definition) is 3. The molecule has 2 unspecified atom stereocenters. The summed E-state index contributed by atoms with van der Waals surface area (Å²) in [5.41, 5.74) is 9.67. The molecule has 0 radical (unpaired) electrons. The minimum Gasteiger partial charge on any atom is -0.496 e. The van der Waals surface area contributed by atoms with Crippen LogP contribution in [0.3, 0.4) is 0 Å². The third-order valence-corrected chi connectivity index (χ3v) is 3.17. The summed E-state index contributed by atoms with van der Waals surface area (Å²) in [4.78, 5) is 0. The molecule has 0 amide bonds. The zero-order valence-corrected chi connectivity index (χ0v) is 11.4. The largest absolute Gasteiger partial charge is 0.496 e. The molecule has 3 heteroatoms. The average Bonchev–Trinajstić information content (AvgIpc) is 2.31. The van der Waals surface area contributed by atoms with Crippen LogP contribution < -0.4 is 10.5 Å². The third kappa shape index (κ3) is 3.45. The predicted octanol–water partition coefficient (Wildman–Crippen LogP) is 2.74. The summed E-state index contributed by atoms with van der Waals surface area (Å²) in [6, 6.07) is 4.16. The Kier molecular flexibility index (Phi) is 4.97. The van der Waals surface area contributed by atoms with E-state index in [2.05, 4.69) is 13.0 Å². The van der Waals surface area contributed by atoms with Crippen LogP contribution in [0.1, 0.15) is 36.1 Å². The van der Waals surface area contributed by atoms with Crippen molar-refractivity contribution in [3.8, 4) is 5.75 Å². The van der Waals surface area contributed by atoms with E-state index in [4.69, 9.17) is 15.2 Å². The summed E-state index contributed by atoms with van der Waals surface area (Å²) in [6.45, 7) is 6.13. The fraction of sp³-hybridized carbons (Fsp3) is 0.571. The van der Waals surface area contributed by atoms with Crippen LogP contribution in [0.5, 0.6) is 5.75 Å². The second-order valence-electron chi connectivity index (χ2n) is 4.57. The highest BCUT2D eigenvalue weighted by molar-refractivity contribution is 5.42. The quantitative estimate of drug-likeness (QED) is 0.856. The Morgan fingerprint density at radius 1 is 1.18 bits per heavy atom. The Morgan fingerprint density at radius 3 is 2.35 bits per heavy atom. The molecule has 2 N–H and O–H groups in total. The van der Waals surface area contributed by atoms with Gasteiger partial charge in [0.25, 0.3) is 0 Å². The first-order chi connectivity index (χ1) is 7.99. The molecule has 17 heavy (non-hydrogen) atoms. The first kappa shape index (κ1) is 14.0. The van der Waals surface area contributed by atoms with Crippen LogP contribution in [0.25, 0.3) is 0 Å². The van der Waals surface area contributed by atoms with E-state index in [1.54, 1.807) is 14.2 Å². The lowest BCUT2D eigenvalue weighted by atomic mass is 9.95. The van der Waals surface area contributed by atoms with E-state index < -0.39 is 0 Å². The maximum atomic E-state index is 6.21. The van der Waals surface area contributed by atoms with Crippen molar-refractivity contribution in [3.05, 3.63) is 28.8 Å². The van der Waals surface area contributed by atoms with Crippen LogP contribution in [-0.2, 0) is 4.74 Å². The number of aryl methyl sites for hydroxylation is 2. The van der Waals surface area contributed by atoms with E-state index in [0.717, 1.165) is 17.7 Å². The fourth-order valence-electron chi connectivity index (χ4n) is 2.01. The van der Waals surface area contributed by atoms with E-state index in [0.29, 0.717) is 0 Å². The highest BCUT2D eigenvalue weighted by Gasteiger charge is 2.14. The molecule has 96 valence electrons. The molecule has 1 aromatic carbocycles. The number of benzene rings is 1. The number of ether oxygens (including phenoxy) is 2. The van der Waals surface area contributed by atoms with Crippen molar-refractivity contribution in [2.24, 2.45) is 5.73 Å². The van der Waals surface area contributed by atoms with Crippen molar-refractivity contribution in [1.29, 1.82) is 0 Å². The number of rotatable bonds is 5. The van der Waals surface area contributed by atoms with Crippen LogP contribution in [0.4, 0.5) is 0 Å². The van der Waals surface area contributed by atoms with Crippen molar-refractivity contribution < 1.29 is 9.47 Å². The van der Waals surface area contributed by atoms with E-state index in [1.807, 2.05) is 19.9 Å². The summed E-state index contributed by atoms with van der Waals surface area (Å²) in [6.07, 6.45) is 0.995. The topological polar surface area (TPSA) is 44.5 Å². The van der Waals surface area contributed by atoms with Gasteiger partial charge in [-0.05, 0) is 49.9 Å². The molecule has 0 aliphatic heterocycles. The first-order valence-corrected chi connectivity index (χ1v) is 5.93. The normalized spacial score (nSPS) is 14.5. The summed E-state index contributed by atoms with van der Waals surface area (Å²) in [7, 11) is 3.40. The minimum absolute atomic E-state index is 0.00885. The molecular formula is C14H23NO2. The minimum atomic E-state index is 0.00885. The maximum Gasteiger partial charge on any atom is 0.122 e. The van der Waals surface area contributed by atoms with Gasteiger partial charge < -0.3 is 15.2 Å². The Morgan fingerprint density at radius 2 is 1.82 bits per heavy atom. The molecule has 0 bridgehead atoms. The molecule has 0 saturated carbocycles. The number of hydrogen-bond donors (Lipinski definition) is 1. The van der Waals surface area contributed by atoms with Crippen LogP contribution in [-0.4, -0.2) is 20.3 Å². The van der Waals surface area contributed by atoms with Crippen molar-refractivity contribution >= 4 is 0 Å². The van der Waals surface area contributed by atoms with Gasteiger partial charge in [-0.2, -0.15) is 0 Å². The molecular weight excluding hydrogens is 214 g/mol. The summed E-state index contributed by atoms with van der Waals surface area (Å²) in [5.74, 6) is 0.915. The van der Waals surface area contributed by atoms with Gasteiger partial charge in [-0.15, -0.1) is 0 Å². The Labute approximate surface area is 104 Å². The lowest BCUT2D eigenvalue weighted by Gasteiger charge is -2.20. The SMILES string of the molecule is COc1cc(C)c(C(N)CC(C)OC)cc1C. The lowest BCUT2D eigenvalue weighted by Crippen LogP contribution is -2.19. The molecule has 0 saturated heterocycles. The van der Waals surface area contributed by atoms with Crippen molar-refractivity contribution in [1.82, 2.24) is 0 Å². The van der Waals surface area contributed by atoms with Crippen LogP contribution in [0.15, 0.2) is 12.1 Å². The van der Waals surface area contributed by atoms with Gasteiger partial charge in [0.1, 0.15) is 5.75 Å². The van der Waals surface area contributed by atoms with E-state index in [9.17, 15) is 0 Å². The van der Waals surface area contributed by atoms with Crippen LogP contribution in [0, 0.1) is 13.8 Å². The molecule has 3 nitrogen and oxygen atoms in total. The molecule has 0 aromatic heterocycles. The van der Waals surface area contributed by atoms with E-state index in [-0.39, 0.29) is 12.1 Å². The van der Waals surface area contributed by atoms with Crippen LogP contribution >= 0.6 is 0 Å². The average molecular weight is 237 g/mol. The summed E-state index contributed by atoms with van der Waals surface area (Å²) in [5, 5.41) is 0. The second kappa shape index (κ2) is 6.03. The number of methoxy groups -OCH3 is 2. The molecule has 1 rings (SSSR count). The van der Waals surface area contributed by atoms with Gasteiger partial charge >= 0.3 is 0 Å². The van der Waals surface area contributed by atoms with E-state index in [1.165, 1.54) is 11.1 Å². The maximum absolute atomic E-state index is 6.21. The van der Waals surface area contributed by atoms with Gasteiger partial charge in [-0.25, -0.2) is 0 Å². The Hall–Kier alpha value is -1.06. The highest BCUT2D eigenvalue weighted by atomic mass is 16.5. The molecule has 0 heterocycles. The molecule has 0 aliphatic carbocycles. The summed E-state index contributed by atoms with van der Waals surface area (Å²) < 4.78 is 10.5. The molecule has 0 spiro atoms. The zero-order chi connectivity index (χ0) is 13.0. The monoisotopic (exact) mass is 237 g/mol. The zero-order valence-electron chi connectivity index (χ0n) is 11.4. The number of nitrogens with two attached hydrogens (primary N) is 1. The van der Waals surface area contributed by atoms with Crippen molar-refractivity contribution in [3.63, 3.8) is 0 Å². The van der Waals surface area contributed by atoms with Crippen molar-refractivity contribution in [2.75, 3.05) is 14.2 Å². The van der Waals surface area contributed by atoms with E-state index >= 15 is 0 Å². The second-order valence-corrected chi connectivity index (χ2v) is 4.57. The van der Waals surface area contributed by atoms with Gasteiger partial charge in [-0.1, -0.05) is 6.07 Å². The predicted molar refractivity (Wildman–Crippen MR) is 70.5 cm³/mol. The Bertz CT molecular complexity index is 377. The van der Waals surface area contributed by atoms with Crippen molar-refractivity contribution in [2.45, 2.75) is 39.3 Å². The fourth-order valence-corrected chi connectivity index (χ4v) is 2.01. The highest BCUT2D eigenvalue weighted by Crippen LogP contribution is 2.27. The standard InChI is InChI=1S/C14H23NO2/c1-9-7-14(17-5)10(2)6-12(9)13(15)8-11(3)16-4/h6-7,11,13H,8,15H2,1-5H3. The lowest BCUT2D eigenvalue weighted by molar-refractivity contribution is 0.104. The Balaban J connectivity index is 2.94.